The van der Waals surface area contributed by atoms with Crippen molar-refractivity contribution < 1.29 is 18.0 Å². The third kappa shape index (κ3) is 3.39. The highest BCUT2D eigenvalue weighted by Gasteiger charge is 2.30. The monoisotopic (exact) mass is 364 g/mol. The van der Waals surface area contributed by atoms with Gasteiger partial charge in [-0.25, -0.2) is 0 Å². The Kier molecular flexibility index (Phi) is 4.30. The maximum absolute atomic E-state index is 12.7. The van der Waals surface area contributed by atoms with E-state index in [0.29, 0.717) is 21.9 Å². The van der Waals surface area contributed by atoms with Gasteiger partial charge < -0.3 is 9.88 Å². The van der Waals surface area contributed by atoms with Gasteiger partial charge in [-0.2, -0.15) is 13.2 Å². The Balaban J connectivity index is 2.03. The fraction of sp³-hybridized carbons (Fsp3) is 0.0556. The Morgan fingerprint density at radius 3 is 2.44 bits per heavy atom. The SMILES string of the molecule is C=CC(=O)Nc1cc(Cl)c2c(ccn2-c2ccc(C(F)(F)F)cc2)c1. The summed E-state index contributed by atoms with van der Waals surface area (Å²) in [5.41, 5.74) is 0.978. The van der Waals surface area contributed by atoms with E-state index >= 15 is 0 Å². The van der Waals surface area contributed by atoms with Crippen molar-refractivity contribution in [1.82, 2.24) is 4.57 Å². The number of benzene rings is 2. The first-order valence-electron chi connectivity index (χ1n) is 7.21. The summed E-state index contributed by atoms with van der Waals surface area (Å²) in [7, 11) is 0. The van der Waals surface area contributed by atoms with Gasteiger partial charge in [0.05, 0.1) is 16.1 Å². The molecule has 0 saturated carbocycles. The molecule has 1 N–H and O–H groups in total. The van der Waals surface area contributed by atoms with Gasteiger partial charge in [0.1, 0.15) is 0 Å². The van der Waals surface area contributed by atoms with Gasteiger partial charge in [-0.1, -0.05) is 18.2 Å². The quantitative estimate of drug-likeness (QED) is 0.618. The number of carbonyl (C=O) groups is 1. The largest absolute Gasteiger partial charge is 0.416 e. The number of nitrogens with zero attached hydrogens (tertiary/aromatic N) is 1. The lowest BCUT2D eigenvalue weighted by Crippen LogP contribution is -2.07. The molecule has 1 amide bonds. The highest BCUT2D eigenvalue weighted by molar-refractivity contribution is 6.35. The molecule has 1 aromatic heterocycles. The topological polar surface area (TPSA) is 34.0 Å². The molecule has 3 rings (SSSR count). The van der Waals surface area contributed by atoms with Gasteiger partial charge in [0, 0.05) is 23.0 Å². The van der Waals surface area contributed by atoms with Crippen molar-refractivity contribution in [1.29, 1.82) is 0 Å². The molecule has 25 heavy (non-hydrogen) atoms. The Hall–Kier alpha value is -2.73. The van der Waals surface area contributed by atoms with Crippen LogP contribution in [-0.4, -0.2) is 10.5 Å². The Morgan fingerprint density at radius 2 is 1.84 bits per heavy atom. The number of rotatable bonds is 3. The van der Waals surface area contributed by atoms with Crippen molar-refractivity contribution in [3.63, 3.8) is 0 Å². The first-order valence-corrected chi connectivity index (χ1v) is 7.59. The van der Waals surface area contributed by atoms with E-state index in [1.54, 1.807) is 29.0 Å². The minimum atomic E-state index is -4.38. The summed E-state index contributed by atoms with van der Waals surface area (Å²) in [5.74, 6) is -0.363. The van der Waals surface area contributed by atoms with E-state index in [1.807, 2.05) is 0 Å². The third-order valence-corrected chi connectivity index (χ3v) is 3.95. The highest BCUT2D eigenvalue weighted by Crippen LogP contribution is 2.33. The van der Waals surface area contributed by atoms with Gasteiger partial charge in [0.15, 0.2) is 0 Å². The second kappa shape index (κ2) is 6.29. The number of anilines is 1. The second-order valence-electron chi connectivity index (χ2n) is 5.32. The van der Waals surface area contributed by atoms with Crippen molar-refractivity contribution in [2.24, 2.45) is 0 Å². The van der Waals surface area contributed by atoms with Gasteiger partial charge >= 0.3 is 6.18 Å². The number of alkyl halides is 3. The molecule has 0 bridgehead atoms. The summed E-state index contributed by atoms with van der Waals surface area (Å²) in [4.78, 5) is 11.4. The number of hydrogen-bond acceptors (Lipinski definition) is 1. The molecule has 3 nitrogen and oxygen atoms in total. The van der Waals surface area contributed by atoms with E-state index in [4.69, 9.17) is 11.6 Å². The molecule has 128 valence electrons. The number of nitrogens with one attached hydrogen (secondary N) is 1. The lowest BCUT2D eigenvalue weighted by atomic mass is 10.2. The van der Waals surface area contributed by atoms with E-state index in [2.05, 4.69) is 11.9 Å². The number of halogens is 4. The summed E-state index contributed by atoms with van der Waals surface area (Å²) in [6.45, 7) is 3.38. The molecule has 0 radical (unpaired) electrons. The molecule has 7 heteroatoms. The maximum atomic E-state index is 12.7. The minimum Gasteiger partial charge on any atom is -0.322 e. The van der Waals surface area contributed by atoms with Gasteiger partial charge in [-0.05, 0) is 48.5 Å². The first kappa shape index (κ1) is 17.1. The average molecular weight is 365 g/mol. The molecule has 1 heterocycles. The number of fused-ring (bicyclic) bond motifs is 1. The fourth-order valence-electron chi connectivity index (χ4n) is 2.52. The van der Waals surface area contributed by atoms with E-state index < -0.39 is 11.7 Å². The van der Waals surface area contributed by atoms with Crippen LogP contribution in [0.3, 0.4) is 0 Å². The van der Waals surface area contributed by atoms with Crippen LogP contribution in [-0.2, 0) is 11.0 Å². The predicted molar refractivity (Wildman–Crippen MR) is 92.1 cm³/mol. The van der Waals surface area contributed by atoms with Crippen molar-refractivity contribution in [2.45, 2.75) is 6.18 Å². The zero-order valence-electron chi connectivity index (χ0n) is 12.8. The van der Waals surface area contributed by atoms with E-state index in [-0.39, 0.29) is 5.91 Å². The first-order chi connectivity index (χ1) is 11.8. The zero-order valence-corrected chi connectivity index (χ0v) is 13.5. The molecule has 0 aliphatic heterocycles. The van der Waals surface area contributed by atoms with Crippen LogP contribution in [0.4, 0.5) is 18.9 Å². The van der Waals surface area contributed by atoms with Crippen LogP contribution in [0.5, 0.6) is 0 Å². The van der Waals surface area contributed by atoms with Crippen LogP contribution < -0.4 is 5.32 Å². The summed E-state index contributed by atoms with van der Waals surface area (Å²) < 4.78 is 39.8. The Morgan fingerprint density at radius 1 is 1.16 bits per heavy atom. The van der Waals surface area contributed by atoms with E-state index in [1.165, 1.54) is 12.1 Å². The van der Waals surface area contributed by atoms with Crippen LogP contribution >= 0.6 is 11.6 Å². The van der Waals surface area contributed by atoms with Crippen molar-refractivity contribution in [3.05, 3.63) is 71.9 Å². The van der Waals surface area contributed by atoms with Gasteiger partial charge in [-0.15, -0.1) is 0 Å². The van der Waals surface area contributed by atoms with Crippen LogP contribution in [0.2, 0.25) is 5.02 Å². The molecule has 0 spiro atoms. The van der Waals surface area contributed by atoms with Crippen molar-refractivity contribution in [3.8, 4) is 5.69 Å². The molecule has 3 aromatic rings. The van der Waals surface area contributed by atoms with Gasteiger partial charge in [-0.3, -0.25) is 4.79 Å². The average Bonchev–Trinajstić information content (AvgIpc) is 2.98. The molecular formula is C18H12ClF3N2O. The molecule has 0 unspecified atom stereocenters. The van der Waals surface area contributed by atoms with Crippen molar-refractivity contribution >= 4 is 34.1 Å². The van der Waals surface area contributed by atoms with Crippen LogP contribution in [0.25, 0.3) is 16.6 Å². The third-order valence-electron chi connectivity index (χ3n) is 3.66. The summed E-state index contributed by atoms with van der Waals surface area (Å²) in [5, 5.41) is 3.73. The molecule has 0 atom stereocenters. The predicted octanol–water partition coefficient (Wildman–Crippen LogP) is 5.43. The molecule has 2 aromatic carbocycles. The highest BCUT2D eigenvalue weighted by atomic mass is 35.5. The Bertz CT molecular complexity index is 959. The van der Waals surface area contributed by atoms with Gasteiger partial charge in [0.25, 0.3) is 0 Å². The lowest BCUT2D eigenvalue weighted by Gasteiger charge is -2.11. The number of aromatic nitrogens is 1. The number of amides is 1. The van der Waals surface area contributed by atoms with Crippen LogP contribution in [0, 0.1) is 0 Å². The lowest BCUT2D eigenvalue weighted by molar-refractivity contribution is -0.137. The van der Waals surface area contributed by atoms with Gasteiger partial charge in [0.2, 0.25) is 5.91 Å². The fourth-order valence-corrected chi connectivity index (χ4v) is 2.84. The summed E-state index contributed by atoms with van der Waals surface area (Å²) in [6, 6.07) is 9.87. The molecule has 0 aliphatic carbocycles. The Labute approximate surface area is 146 Å². The summed E-state index contributed by atoms with van der Waals surface area (Å²) in [6.07, 6.45) is -1.53. The second-order valence-corrected chi connectivity index (χ2v) is 5.73. The van der Waals surface area contributed by atoms with E-state index in [9.17, 15) is 18.0 Å². The van der Waals surface area contributed by atoms with Crippen LogP contribution in [0.1, 0.15) is 5.56 Å². The molecule has 0 aliphatic rings. The normalized spacial score (nSPS) is 11.5. The molecule has 0 saturated heterocycles. The zero-order chi connectivity index (χ0) is 18.2. The molecule has 0 fully saturated rings. The number of carbonyl (C=O) groups excluding carboxylic acids is 1. The number of hydrogen-bond donors (Lipinski definition) is 1. The van der Waals surface area contributed by atoms with Crippen molar-refractivity contribution in [2.75, 3.05) is 5.32 Å². The van der Waals surface area contributed by atoms with E-state index in [0.717, 1.165) is 23.6 Å². The standard InChI is InChI=1S/C18H12ClF3N2O/c1-2-16(25)23-13-9-11-7-8-24(17(11)15(19)10-13)14-5-3-12(4-6-14)18(20,21)22/h2-10H,1H2,(H,23,25). The summed E-state index contributed by atoms with van der Waals surface area (Å²) >= 11 is 6.31. The minimum absolute atomic E-state index is 0.363. The van der Waals surface area contributed by atoms with Crippen LogP contribution in [0.15, 0.2) is 61.3 Å². The molecular weight excluding hydrogens is 353 g/mol. The maximum Gasteiger partial charge on any atom is 0.416 e. The smallest absolute Gasteiger partial charge is 0.322 e.